The topological polar surface area (TPSA) is 55.8 Å². The minimum absolute atomic E-state index is 0.150. The molecule has 0 amide bonds. The van der Waals surface area contributed by atoms with Crippen molar-refractivity contribution in [2.24, 2.45) is 5.92 Å². The lowest BCUT2D eigenvalue weighted by atomic mass is 9.89. The van der Waals surface area contributed by atoms with Crippen molar-refractivity contribution in [3.63, 3.8) is 0 Å². The smallest absolute Gasteiger partial charge is 0.306 e. The third-order valence-electron chi connectivity index (χ3n) is 4.53. The van der Waals surface area contributed by atoms with Gasteiger partial charge in [0.1, 0.15) is 23.7 Å². The molecule has 21 heavy (non-hydrogen) atoms. The number of hydrogen-bond acceptors (Lipinski definition) is 3. The largest absolute Gasteiger partial charge is 0.490 e. The fourth-order valence-electron chi connectivity index (χ4n) is 3.42. The first-order valence-electron chi connectivity index (χ1n) is 7.61. The van der Waals surface area contributed by atoms with Gasteiger partial charge in [-0.3, -0.25) is 4.79 Å². The van der Waals surface area contributed by atoms with E-state index >= 15 is 0 Å². The molecule has 3 rings (SSSR count). The normalized spacial score (nSPS) is 24.0. The Balaban J connectivity index is 2.12. The number of rotatable bonds is 3. The lowest BCUT2D eigenvalue weighted by Gasteiger charge is -2.17. The van der Waals surface area contributed by atoms with E-state index in [2.05, 4.69) is 20.8 Å². The first-order chi connectivity index (χ1) is 9.88. The van der Waals surface area contributed by atoms with Crippen molar-refractivity contribution >= 4 is 5.97 Å². The summed E-state index contributed by atoms with van der Waals surface area (Å²) in [6.45, 7) is 7.94. The number of carboxylic acid groups (broad SMARTS) is 1. The molecule has 0 aliphatic carbocycles. The molecule has 1 N–H and O–H groups in total. The molecule has 0 bridgehead atoms. The second-order valence-corrected chi connectivity index (χ2v) is 6.43. The van der Waals surface area contributed by atoms with E-state index in [4.69, 9.17) is 9.47 Å². The van der Waals surface area contributed by atoms with Gasteiger partial charge in [-0.15, -0.1) is 0 Å². The Labute approximate surface area is 125 Å². The van der Waals surface area contributed by atoms with Gasteiger partial charge in [-0.2, -0.15) is 0 Å². The zero-order chi connectivity index (χ0) is 15.3. The SMILES string of the molecule is Cc1c2c(c(CC(C)C(=O)O)c3c1OC(C)C3)OC(C)C2. The molecule has 4 nitrogen and oxygen atoms in total. The maximum atomic E-state index is 11.2. The summed E-state index contributed by atoms with van der Waals surface area (Å²) in [7, 11) is 0. The number of carbonyl (C=O) groups is 1. The van der Waals surface area contributed by atoms with E-state index in [1.807, 2.05) is 0 Å². The lowest BCUT2D eigenvalue weighted by Crippen LogP contribution is -2.14. The summed E-state index contributed by atoms with van der Waals surface area (Å²) in [6, 6.07) is 0. The Morgan fingerprint density at radius 1 is 1.19 bits per heavy atom. The van der Waals surface area contributed by atoms with Crippen LogP contribution in [0.25, 0.3) is 0 Å². The van der Waals surface area contributed by atoms with E-state index in [9.17, 15) is 9.90 Å². The van der Waals surface area contributed by atoms with Crippen LogP contribution in [0.15, 0.2) is 0 Å². The van der Waals surface area contributed by atoms with Crippen LogP contribution >= 0.6 is 0 Å². The number of benzene rings is 1. The first kappa shape index (κ1) is 14.2. The second kappa shape index (κ2) is 4.93. The van der Waals surface area contributed by atoms with Crippen LogP contribution in [0.5, 0.6) is 11.5 Å². The summed E-state index contributed by atoms with van der Waals surface area (Å²) in [4.78, 5) is 11.2. The predicted octanol–water partition coefficient (Wildman–Crippen LogP) is 2.91. The zero-order valence-corrected chi connectivity index (χ0v) is 13.0. The summed E-state index contributed by atoms with van der Waals surface area (Å²) in [5, 5.41) is 9.23. The summed E-state index contributed by atoms with van der Waals surface area (Å²) in [5.41, 5.74) is 4.57. The van der Waals surface area contributed by atoms with Gasteiger partial charge < -0.3 is 14.6 Å². The molecular weight excluding hydrogens is 268 g/mol. The van der Waals surface area contributed by atoms with Gasteiger partial charge in [-0.25, -0.2) is 0 Å². The molecule has 0 saturated carbocycles. The molecule has 0 spiro atoms. The average molecular weight is 290 g/mol. The summed E-state index contributed by atoms with van der Waals surface area (Å²) < 4.78 is 12.0. The number of carboxylic acids is 1. The van der Waals surface area contributed by atoms with Crippen molar-refractivity contribution in [3.8, 4) is 11.5 Å². The molecule has 0 radical (unpaired) electrons. The molecule has 0 aromatic heterocycles. The zero-order valence-electron chi connectivity index (χ0n) is 13.0. The van der Waals surface area contributed by atoms with Crippen LogP contribution in [0, 0.1) is 12.8 Å². The van der Waals surface area contributed by atoms with Crippen LogP contribution < -0.4 is 9.47 Å². The summed E-state index contributed by atoms with van der Waals surface area (Å²) in [5.74, 6) is 0.698. The van der Waals surface area contributed by atoms with Crippen molar-refractivity contribution in [2.75, 3.05) is 0 Å². The van der Waals surface area contributed by atoms with Crippen LogP contribution in [0.3, 0.4) is 0 Å². The van der Waals surface area contributed by atoms with E-state index in [1.54, 1.807) is 6.92 Å². The molecule has 3 atom stereocenters. The van der Waals surface area contributed by atoms with E-state index in [0.29, 0.717) is 6.42 Å². The Morgan fingerprint density at radius 3 is 2.38 bits per heavy atom. The standard InChI is InChI=1S/C17H22O4/c1-8(17(18)19)5-13-14-7-10(3)20-15(14)11(4)12-6-9(2)21-16(12)13/h8-10H,5-7H2,1-4H3,(H,18,19). The molecule has 114 valence electrons. The van der Waals surface area contributed by atoms with Crippen LogP contribution in [-0.2, 0) is 24.1 Å². The minimum atomic E-state index is -0.768. The Bertz CT molecular complexity index is 566. The van der Waals surface area contributed by atoms with Gasteiger partial charge in [0, 0.05) is 29.5 Å². The molecule has 1 aromatic carbocycles. The first-order valence-corrected chi connectivity index (χ1v) is 7.61. The van der Waals surface area contributed by atoms with Crippen LogP contribution in [0.4, 0.5) is 0 Å². The quantitative estimate of drug-likeness (QED) is 0.930. The maximum absolute atomic E-state index is 11.2. The number of fused-ring (bicyclic) bond motifs is 2. The number of hydrogen-bond donors (Lipinski definition) is 1. The van der Waals surface area contributed by atoms with Gasteiger partial charge in [0.25, 0.3) is 0 Å². The minimum Gasteiger partial charge on any atom is -0.490 e. The fourth-order valence-corrected chi connectivity index (χ4v) is 3.42. The van der Waals surface area contributed by atoms with Crippen molar-refractivity contribution < 1.29 is 19.4 Å². The monoisotopic (exact) mass is 290 g/mol. The highest BCUT2D eigenvalue weighted by Crippen LogP contribution is 2.47. The molecular formula is C17H22O4. The van der Waals surface area contributed by atoms with Crippen LogP contribution in [0.1, 0.15) is 43.0 Å². The summed E-state index contributed by atoms with van der Waals surface area (Å²) in [6.07, 6.45) is 2.52. The third kappa shape index (κ3) is 2.27. The second-order valence-electron chi connectivity index (χ2n) is 6.43. The van der Waals surface area contributed by atoms with Crippen LogP contribution in [-0.4, -0.2) is 23.3 Å². The van der Waals surface area contributed by atoms with Crippen molar-refractivity contribution in [1.29, 1.82) is 0 Å². The van der Waals surface area contributed by atoms with E-state index in [0.717, 1.165) is 35.5 Å². The van der Waals surface area contributed by atoms with Gasteiger partial charge in [0.2, 0.25) is 0 Å². The number of ether oxygens (including phenoxy) is 2. The molecule has 4 heteroatoms. The molecule has 0 saturated heterocycles. The fraction of sp³-hybridized carbons (Fsp3) is 0.588. The van der Waals surface area contributed by atoms with Gasteiger partial charge in [0.05, 0.1) is 5.92 Å². The van der Waals surface area contributed by atoms with E-state index in [1.165, 1.54) is 11.1 Å². The highest BCUT2D eigenvalue weighted by atomic mass is 16.5. The van der Waals surface area contributed by atoms with Crippen LogP contribution in [0.2, 0.25) is 0 Å². The molecule has 1 aromatic rings. The lowest BCUT2D eigenvalue weighted by molar-refractivity contribution is -0.141. The summed E-state index contributed by atoms with van der Waals surface area (Å²) >= 11 is 0. The van der Waals surface area contributed by atoms with E-state index < -0.39 is 11.9 Å². The Hall–Kier alpha value is -1.71. The van der Waals surface area contributed by atoms with E-state index in [-0.39, 0.29) is 12.2 Å². The molecule has 0 fully saturated rings. The molecule has 3 unspecified atom stereocenters. The predicted molar refractivity (Wildman–Crippen MR) is 79.3 cm³/mol. The van der Waals surface area contributed by atoms with Crippen molar-refractivity contribution in [3.05, 3.63) is 22.3 Å². The van der Waals surface area contributed by atoms with Crippen molar-refractivity contribution in [1.82, 2.24) is 0 Å². The molecule has 2 aliphatic heterocycles. The van der Waals surface area contributed by atoms with Crippen molar-refractivity contribution in [2.45, 2.75) is 59.2 Å². The highest BCUT2D eigenvalue weighted by Gasteiger charge is 2.34. The third-order valence-corrected chi connectivity index (χ3v) is 4.53. The van der Waals surface area contributed by atoms with Gasteiger partial charge >= 0.3 is 5.97 Å². The average Bonchev–Trinajstić information content (AvgIpc) is 2.97. The van der Waals surface area contributed by atoms with Gasteiger partial charge in [-0.05, 0) is 32.8 Å². The molecule has 2 heterocycles. The maximum Gasteiger partial charge on any atom is 0.306 e. The highest BCUT2D eigenvalue weighted by molar-refractivity contribution is 5.71. The van der Waals surface area contributed by atoms with Gasteiger partial charge in [-0.1, -0.05) is 6.92 Å². The Kier molecular flexibility index (Phi) is 3.34. The van der Waals surface area contributed by atoms with Gasteiger partial charge in [0.15, 0.2) is 0 Å². The number of aliphatic carboxylic acids is 1. The molecule has 2 aliphatic rings. The Morgan fingerprint density at radius 2 is 1.76 bits per heavy atom.